The minimum absolute atomic E-state index is 0.00413. The number of hydrogen-bond donors (Lipinski definition) is 2. The Morgan fingerprint density at radius 1 is 1.47 bits per heavy atom. The molecule has 0 bridgehead atoms. The Hall–Kier alpha value is -1.49. The van der Waals surface area contributed by atoms with Gasteiger partial charge < -0.3 is 10.6 Å². The molecule has 2 aliphatic rings. The third-order valence-corrected chi connectivity index (χ3v) is 4.80. The minimum atomic E-state index is -0.0425. The Morgan fingerprint density at radius 3 is 3.16 bits per heavy atom. The summed E-state index contributed by atoms with van der Waals surface area (Å²) in [4.78, 5) is 23.3. The van der Waals surface area contributed by atoms with Crippen LogP contribution in [-0.4, -0.2) is 29.9 Å². The largest absolute Gasteiger partial charge is 0.352 e. The summed E-state index contributed by atoms with van der Waals surface area (Å²) in [6, 6.07) is 5.38. The van der Waals surface area contributed by atoms with Crippen molar-refractivity contribution in [3.8, 4) is 0 Å². The normalized spacial score (nSPS) is 21.1. The van der Waals surface area contributed by atoms with E-state index in [1.165, 1.54) is 12.2 Å². The molecule has 0 saturated carbocycles. The molecule has 2 heterocycles. The zero-order valence-corrected chi connectivity index (χ0v) is 11.4. The van der Waals surface area contributed by atoms with Gasteiger partial charge in [-0.15, -0.1) is 0 Å². The molecule has 1 unspecified atom stereocenters. The first kappa shape index (κ1) is 12.5. The Balaban J connectivity index is 1.63. The Kier molecular flexibility index (Phi) is 3.46. The molecule has 0 aromatic heterocycles. The molecular weight excluding hydrogens is 260 g/mol. The number of thioether (sulfide) groups is 1. The first-order valence-electron chi connectivity index (χ1n) is 6.51. The fourth-order valence-electron chi connectivity index (χ4n) is 2.45. The summed E-state index contributed by atoms with van der Waals surface area (Å²) in [5, 5.41) is 5.75. The maximum Gasteiger partial charge on any atom is 0.251 e. The SMILES string of the molecule is O=C1Cc2cc(C(=O)NCC3CCSC3)ccc2N1. The van der Waals surface area contributed by atoms with E-state index in [0.717, 1.165) is 23.5 Å². The molecule has 4 nitrogen and oxygen atoms in total. The number of carbonyl (C=O) groups is 2. The molecule has 1 atom stereocenters. The average molecular weight is 276 g/mol. The van der Waals surface area contributed by atoms with E-state index in [0.29, 0.717) is 17.9 Å². The summed E-state index contributed by atoms with van der Waals surface area (Å²) < 4.78 is 0. The van der Waals surface area contributed by atoms with Crippen LogP contribution in [0.1, 0.15) is 22.3 Å². The van der Waals surface area contributed by atoms with Crippen LogP contribution in [0.5, 0.6) is 0 Å². The molecule has 100 valence electrons. The maximum atomic E-state index is 12.1. The molecule has 5 heteroatoms. The van der Waals surface area contributed by atoms with E-state index in [1.807, 2.05) is 17.8 Å². The summed E-state index contributed by atoms with van der Waals surface area (Å²) in [6.07, 6.45) is 1.56. The third kappa shape index (κ3) is 2.76. The second-order valence-electron chi connectivity index (χ2n) is 5.04. The Labute approximate surface area is 116 Å². The van der Waals surface area contributed by atoms with Gasteiger partial charge in [0.1, 0.15) is 0 Å². The lowest BCUT2D eigenvalue weighted by Gasteiger charge is -2.10. The lowest BCUT2D eigenvalue weighted by atomic mass is 10.1. The first-order chi connectivity index (χ1) is 9.22. The molecular formula is C14H16N2O2S. The van der Waals surface area contributed by atoms with Gasteiger partial charge in [0.25, 0.3) is 5.91 Å². The van der Waals surface area contributed by atoms with Crippen molar-refractivity contribution in [1.29, 1.82) is 0 Å². The summed E-state index contributed by atoms with van der Waals surface area (Å²) in [7, 11) is 0. The van der Waals surface area contributed by atoms with E-state index in [2.05, 4.69) is 10.6 Å². The van der Waals surface area contributed by atoms with Crippen molar-refractivity contribution in [3.05, 3.63) is 29.3 Å². The fraction of sp³-hybridized carbons (Fsp3) is 0.429. The van der Waals surface area contributed by atoms with Crippen molar-refractivity contribution in [2.45, 2.75) is 12.8 Å². The molecule has 1 saturated heterocycles. The molecule has 3 rings (SSSR count). The van der Waals surface area contributed by atoms with Crippen molar-refractivity contribution in [2.75, 3.05) is 23.4 Å². The van der Waals surface area contributed by atoms with E-state index in [1.54, 1.807) is 12.1 Å². The Morgan fingerprint density at radius 2 is 2.37 bits per heavy atom. The van der Waals surface area contributed by atoms with Crippen molar-refractivity contribution >= 4 is 29.3 Å². The number of fused-ring (bicyclic) bond motifs is 1. The molecule has 19 heavy (non-hydrogen) atoms. The number of hydrogen-bond acceptors (Lipinski definition) is 3. The molecule has 1 fully saturated rings. The molecule has 2 N–H and O–H groups in total. The van der Waals surface area contributed by atoms with Gasteiger partial charge in [-0.25, -0.2) is 0 Å². The number of nitrogens with one attached hydrogen (secondary N) is 2. The number of amides is 2. The summed E-state index contributed by atoms with van der Waals surface area (Å²) in [5.41, 5.74) is 2.38. The van der Waals surface area contributed by atoms with Crippen LogP contribution in [0.15, 0.2) is 18.2 Å². The van der Waals surface area contributed by atoms with Crippen LogP contribution in [0.2, 0.25) is 0 Å². The summed E-state index contributed by atoms with van der Waals surface area (Å²) >= 11 is 1.95. The molecule has 2 amide bonds. The standard InChI is InChI=1S/C14H16N2O2S/c17-13-6-11-5-10(1-2-12(11)16-13)14(18)15-7-9-3-4-19-8-9/h1-2,5,9H,3-4,6-8H2,(H,15,18)(H,16,17). The van der Waals surface area contributed by atoms with E-state index in [-0.39, 0.29) is 11.8 Å². The van der Waals surface area contributed by atoms with Gasteiger partial charge >= 0.3 is 0 Å². The zero-order chi connectivity index (χ0) is 13.2. The minimum Gasteiger partial charge on any atom is -0.352 e. The highest BCUT2D eigenvalue weighted by atomic mass is 32.2. The van der Waals surface area contributed by atoms with Gasteiger partial charge in [0.05, 0.1) is 6.42 Å². The lowest BCUT2D eigenvalue weighted by molar-refractivity contribution is -0.115. The molecule has 0 radical (unpaired) electrons. The number of carbonyl (C=O) groups excluding carboxylic acids is 2. The van der Waals surface area contributed by atoms with Gasteiger partial charge in [0.15, 0.2) is 0 Å². The predicted molar refractivity (Wildman–Crippen MR) is 76.5 cm³/mol. The smallest absolute Gasteiger partial charge is 0.251 e. The number of anilines is 1. The van der Waals surface area contributed by atoms with Gasteiger partial charge in [-0.3, -0.25) is 9.59 Å². The fourth-order valence-corrected chi connectivity index (χ4v) is 3.74. The quantitative estimate of drug-likeness (QED) is 0.883. The summed E-state index contributed by atoms with van der Waals surface area (Å²) in [6.45, 7) is 0.750. The zero-order valence-electron chi connectivity index (χ0n) is 10.6. The van der Waals surface area contributed by atoms with Gasteiger partial charge in [-0.05, 0) is 47.6 Å². The van der Waals surface area contributed by atoms with Crippen LogP contribution in [0.4, 0.5) is 5.69 Å². The van der Waals surface area contributed by atoms with Gasteiger partial charge in [0.2, 0.25) is 5.91 Å². The topological polar surface area (TPSA) is 58.2 Å². The van der Waals surface area contributed by atoms with Crippen molar-refractivity contribution in [1.82, 2.24) is 5.32 Å². The number of rotatable bonds is 3. The molecule has 1 aromatic rings. The highest BCUT2D eigenvalue weighted by molar-refractivity contribution is 7.99. The third-order valence-electron chi connectivity index (χ3n) is 3.57. The van der Waals surface area contributed by atoms with Crippen molar-refractivity contribution in [2.24, 2.45) is 5.92 Å². The van der Waals surface area contributed by atoms with E-state index in [9.17, 15) is 9.59 Å². The molecule has 0 aliphatic carbocycles. The van der Waals surface area contributed by atoms with E-state index < -0.39 is 0 Å². The van der Waals surface area contributed by atoms with Gasteiger partial charge in [0, 0.05) is 17.8 Å². The van der Waals surface area contributed by atoms with Crippen LogP contribution in [0.3, 0.4) is 0 Å². The maximum absolute atomic E-state index is 12.1. The van der Waals surface area contributed by atoms with Gasteiger partial charge in [-0.1, -0.05) is 0 Å². The Bertz CT molecular complexity index is 524. The highest BCUT2D eigenvalue weighted by Crippen LogP contribution is 2.24. The lowest BCUT2D eigenvalue weighted by Crippen LogP contribution is -2.29. The van der Waals surface area contributed by atoms with Crippen molar-refractivity contribution < 1.29 is 9.59 Å². The monoisotopic (exact) mass is 276 g/mol. The second kappa shape index (κ2) is 5.25. The van der Waals surface area contributed by atoms with Crippen LogP contribution < -0.4 is 10.6 Å². The predicted octanol–water partition coefficient (Wildman–Crippen LogP) is 1.66. The van der Waals surface area contributed by atoms with Crippen LogP contribution in [-0.2, 0) is 11.2 Å². The first-order valence-corrected chi connectivity index (χ1v) is 7.66. The highest BCUT2D eigenvalue weighted by Gasteiger charge is 2.20. The summed E-state index contributed by atoms with van der Waals surface area (Å²) in [5.74, 6) is 2.90. The molecule has 2 aliphatic heterocycles. The van der Waals surface area contributed by atoms with Crippen LogP contribution in [0.25, 0.3) is 0 Å². The van der Waals surface area contributed by atoms with Crippen LogP contribution >= 0.6 is 11.8 Å². The van der Waals surface area contributed by atoms with E-state index in [4.69, 9.17) is 0 Å². The van der Waals surface area contributed by atoms with E-state index >= 15 is 0 Å². The van der Waals surface area contributed by atoms with Gasteiger partial charge in [-0.2, -0.15) is 11.8 Å². The van der Waals surface area contributed by atoms with Crippen molar-refractivity contribution in [3.63, 3.8) is 0 Å². The molecule has 1 aromatic carbocycles. The van der Waals surface area contributed by atoms with Crippen LogP contribution in [0, 0.1) is 5.92 Å². The second-order valence-corrected chi connectivity index (χ2v) is 6.19. The number of benzene rings is 1. The average Bonchev–Trinajstić information content (AvgIpc) is 3.02. The molecule has 0 spiro atoms.